The van der Waals surface area contributed by atoms with Gasteiger partial charge in [-0.25, -0.2) is 4.68 Å². The molecule has 1 fully saturated rings. The summed E-state index contributed by atoms with van der Waals surface area (Å²) >= 11 is 0. The molecule has 0 unspecified atom stereocenters. The maximum atomic E-state index is 5.59. The zero-order valence-electron chi connectivity index (χ0n) is 10.8. The molecule has 1 aliphatic carbocycles. The molecular weight excluding hydrogens is 218 g/mol. The first-order valence-corrected chi connectivity index (χ1v) is 6.19. The Balaban J connectivity index is 1.98. The predicted octanol–water partition coefficient (Wildman–Crippen LogP) is 0.740. The lowest BCUT2D eigenvalue weighted by Gasteiger charge is -2.40. The van der Waals surface area contributed by atoms with Crippen LogP contribution in [-0.4, -0.2) is 39.0 Å². The van der Waals surface area contributed by atoms with Crippen LogP contribution in [0.2, 0.25) is 0 Å². The monoisotopic (exact) mass is 239 g/mol. The van der Waals surface area contributed by atoms with Crippen LogP contribution < -0.4 is 5.32 Å². The highest BCUT2D eigenvalue weighted by Crippen LogP contribution is 2.36. The summed E-state index contributed by atoms with van der Waals surface area (Å²) in [5.41, 5.74) is -0.0397. The highest BCUT2D eigenvalue weighted by molar-refractivity contribution is 4.92. The van der Waals surface area contributed by atoms with Crippen LogP contribution in [0.3, 0.4) is 0 Å². The van der Waals surface area contributed by atoms with Crippen molar-refractivity contribution >= 4 is 0 Å². The fraction of sp³-hybridized carbons (Fsp3) is 0.909. The summed E-state index contributed by atoms with van der Waals surface area (Å²) in [6.07, 6.45) is 3.43. The van der Waals surface area contributed by atoms with Crippen LogP contribution >= 0.6 is 0 Å². The second-order valence-electron chi connectivity index (χ2n) is 5.03. The number of aromatic nitrogens is 4. The van der Waals surface area contributed by atoms with E-state index in [9.17, 15) is 0 Å². The number of ether oxygens (including phenoxy) is 1. The molecule has 96 valence electrons. The molecule has 0 radical (unpaired) electrons. The zero-order valence-corrected chi connectivity index (χ0v) is 10.8. The van der Waals surface area contributed by atoms with E-state index in [-0.39, 0.29) is 5.60 Å². The van der Waals surface area contributed by atoms with Crippen LogP contribution in [0.4, 0.5) is 0 Å². The van der Waals surface area contributed by atoms with E-state index in [2.05, 4.69) is 34.7 Å². The van der Waals surface area contributed by atoms with Gasteiger partial charge in [-0.05, 0) is 29.7 Å². The van der Waals surface area contributed by atoms with Gasteiger partial charge in [-0.15, -0.1) is 5.10 Å². The molecule has 0 bridgehead atoms. The van der Waals surface area contributed by atoms with Gasteiger partial charge in [0.05, 0.1) is 18.7 Å². The van der Waals surface area contributed by atoms with E-state index in [4.69, 9.17) is 4.74 Å². The quantitative estimate of drug-likeness (QED) is 0.793. The third kappa shape index (κ3) is 2.81. The van der Waals surface area contributed by atoms with Gasteiger partial charge in [-0.1, -0.05) is 13.8 Å². The third-order valence-electron chi connectivity index (χ3n) is 3.41. The molecule has 6 nitrogen and oxygen atoms in total. The Morgan fingerprint density at radius 3 is 2.76 bits per heavy atom. The largest absolute Gasteiger partial charge is 0.376 e. The molecule has 0 spiro atoms. The second kappa shape index (κ2) is 5.10. The molecule has 6 heteroatoms. The molecule has 1 aromatic heterocycles. The van der Waals surface area contributed by atoms with Gasteiger partial charge in [0.1, 0.15) is 0 Å². The van der Waals surface area contributed by atoms with Crippen molar-refractivity contribution in [2.45, 2.75) is 57.8 Å². The average molecular weight is 239 g/mol. The Morgan fingerprint density at radius 1 is 1.47 bits per heavy atom. The Morgan fingerprint density at radius 2 is 2.24 bits per heavy atom. The van der Waals surface area contributed by atoms with Gasteiger partial charge in [0.15, 0.2) is 5.82 Å². The molecule has 0 aliphatic heterocycles. The minimum atomic E-state index is -0.0397. The summed E-state index contributed by atoms with van der Waals surface area (Å²) < 4.78 is 7.45. The summed E-state index contributed by atoms with van der Waals surface area (Å²) in [6.45, 7) is 5.67. The highest BCUT2D eigenvalue weighted by atomic mass is 16.5. The summed E-state index contributed by atoms with van der Waals surface area (Å²) in [5.74, 6) is 0.877. The van der Waals surface area contributed by atoms with E-state index >= 15 is 0 Å². The molecule has 1 saturated carbocycles. The van der Waals surface area contributed by atoms with Crippen LogP contribution in [0.5, 0.6) is 0 Å². The van der Waals surface area contributed by atoms with Crippen molar-refractivity contribution in [3.8, 4) is 0 Å². The van der Waals surface area contributed by atoms with Gasteiger partial charge in [0.25, 0.3) is 0 Å². The first-order valence-electron chi connectivity index (χ1n) is 6.19. The normalized spacial score (nSPS) is 18.4. The van der Waals surface area contributed by atoms with Crippen LogP contribution in [0.15, 0.2) is 0 Å². The number of rotatable bonds is 6. The van der Waals surface area contributed by atoms with Gasteiger partial charge in [0.2, 0.25) is 0 Å². The lowest BCUT2D eigenvalue weighted by atomic mass is 9.80. The molecule has 0 saturated heterocycles. The third-order valence-corrected chi connectivity index (χ3v) is 3.41. The van der Waals surface area contributed by atoms with E-state index in [1.54, 1.807) is 7.11 Å². The standard InChI is InChI=1S/C11H21N5O/c1-9(2)12-7-10-13-14-15-16(10)8-11(17-3)5-4-6-11/h9,12H,4-8H2,1-3H3. The topological polar surface area (TPSA) is 64.9 Å². The number of methoxy groups -OCH3 is 1. The first kappa shape index (κ1) is 12.4. The molecule has 2 rings (SSSR count). The maximum absolute atomic E-state index is 5.59. The van der Waals surface area contributed by atoms with Gasteiger partial charge < -0.3 is 10.1 Å². The van der Waals surface area contributed by atoms with Crippen molar-refractivity contribution < 1.29 is 4.74 Å². The number of nitrogens with one attached hydrogen (secondary N) is 1. The number of hydrogen-bond acceptors (Lipinski definition) is 5. The van der Waals surface area contributed by atoms with Crippen molar-refractivity contribution in [1.29, 1.82) is 0 Å². The molecule has 0 atom stereocenters. The molecule has 1 heterocycles. The van der Waals surface area contributed by atoms with Crippen LogP contribution in [0.25, 0.3) is 0 Å². The van der Waals surface area contributed by atoms with Crippen molar-refractivity contribution in [2.75, 3.05) is 7.11 Å². The van der Waals surface area contributed by atoms with Gasteiger partial charge in [-0.3, -0.25) is 0 Å². The smallest absolute Gasteiger partial charge is 0.165 e. The minimum Gasteiger partial charge on any atom is -0.376 e. The van der Waals surface area contributed by atoms with E-state index < -0.39 is 0 Å². The summed E-state index contributed by atoms with van der Waals surface area (Å²) in [5, 5.41) is 15.2. The van der Waals surface area contributed by atoms with Crippen LogP contribution in [-0.2, 0) is 17.8 Å². The summed E-state index contributed by atoms with van der Waals surface area (Å²) in [6, 6.07) is 0.431. The molecular formula is C11H21N5O. The summed E-state index contributed by atoms with van der Waals surface area (Å²) in [7, 11) is 1.77. The fourth-order valence-electron chi connectivity index (χ4n) is 2.04. The molecule has 17 heavy (non-hydrogen) atoms. The minimum absolute atomic E-state index is 0.0397. The zero-order chi connectivity index (χ0) is 12.3. The van der Waals surface area contributed by atoms with Crippen LogP contribution in [0.1, 0.15) is 38.9 Å². The molecule has 1 aromatic rings. The van der Waals surface area contributed by atoms with Gasteiger partial charge in [-0.2, -0.15) is 0 Å². The molecule has 0 aromatic carbocycles. The Hall–Kier alpha value is -1.01. The van der Waals surface area contributed by atoms with E-state index in [1.807, 2.05) is 4.68 Å². The Bertz CT molecular complexity index is 353. The molecule has 0 amide bonds. The fourth-order valence-corrected chi connectivity index (χ4v) is 2.04. The number of nitrogens with zero attached hydrogens (tertiary/aromatic N) is 4. The van der Waals surface area contributed by atoms with Gasteiger partial charge >= 0.3 is 0 Å². The lowest BCUT2D eigenvalue weighted by Crippen LogP contribution is -2.44. The van der Waals surface area contributed by atoms with Crippen molar-refractivity contribution in [3.05, 3.63) is 5.82 Å². The van der Waals surface area contributed by atoms with Crippen molar-refractivity contribution in [2.24, 2.45) is 0 Å². The van der Waals surface area contributed by atoms with E-state index in [0.29, 0.717) is 12.6 Å². The van der Waals surface area contributed by atoms with Crippen LogP contribution in [0, 0.1) is 0 Å². The summed E-state index contributed by atoms with van der Waals surface area (Å²) in [4.78, 5) is 0. The van der Waals surface area contributed by atoms with E-state index in [0.717, 1.165) is 25.2 Å². The highest BCUT2D eigenvalue weighted by Gasteiger charge is 2.38. The molecule has 1 aliphatic rings. The van der Waals surface area contributed by atoms with Crippen molar-refractivity contribution in [1.82, 2.24) is 25.5 Å². The SMILES string of the molecule is COC1(Cn2nnnc2CNC(C)C)CCC1. The number of tetrazole rings is 1. The Labute approximate surface area is 102 Å². The molecule has 1 N–H and O–H groups in total. The first-order chi connectivity index (χ1) is 8.15. The number of hydrogen-bond donors (Lipinski definition) is 1. The van der Waals surface area contributed by atoms with Gasteiger partial charge in [0, 0.05) is 13.2 Å². The second-order valence-corrected chi connectivity index (χ2v) is 5.03. The van der Waals surface area contributed by atoms with E-state index in [1.165, 1.54) is 6.42 Å². The predicted molar refractivity (Wildman–Crippen MR) is 63.4 cm³/mol. The average Bonchev–Trinajstić information content (AvgIpc) is 2.67. The Kier molecular flexibility index (Phi) is 3.73. The van der Waals surface area contributed by atoms with Crippen molar-refractivity contribution in [3.63, 3.8) is 0 Å². The maximum Gasteiger partial charge on any atom is 0.165 e. The lowest BCUT2D eigenvalue weighted by molar-refractivity contribution is -0.0863.